The highest BCUT2D eigenvalue weighted by Crippen LogP contribution is 2.30. The van der Waals surface area contributed by atoms with Crippen LogP contribution >= 0.6 is 0 Å². The van der Waals surface area contributed by atoms with E-state index in [1.165, 1.54) is 0 Å². The van der Waals surface area contributed by atoms with Gasteiger partial charge in [0.25, 0.3) is 0 Å². The zero-order valence-electron chi connectivity index (χ0n) is 10.9. The average Bonchev–Trinajstić information content (AvgIpc) is 2.79. The van der Waals surface area contributed by atoms with E-state index in [9.17, 15) is 8.42 Å². The number of ether oxygens (including phenoxy) is 1. The minimum absolute atomic E-state index is 0.152. The van der Waals surface area contributed by atoms with Crippen LogP contribution in [0.5, 0.6) is 0 Å². The second kappa shape index (κ2) is 4.86. The first-order valence-electron chi connectivity index (χ1n) is 6.06. The van der Waals surface area contributed by atoms with Gasteiger partial charge in [0.05, 0.1) is 22.5 Å². The largest absolute Gasteiger partial charge is 0.368 e. The summed E-state index contributed by atoms with van der Waals surface area (Å²) in [5, 5.41) is 0. The van der Waals surface area contributed by atoms with Gasteiger partial charge in [-0.2, -0.15) is 0 Å². The van der Waals surface area contributed by atoms with Gasteiger partial charge in [-0.1, -0.05) is 31.5 Å². The van der Waals surface area contributed by atoms with Gasteiger partial charge in [0.1, 0.15) is 0 Å². The van der Waals surface area contributed by atoms with Gasteiger partial charge in [0.15, 0.2) is 0 Å². The minimum Gasteiger partial charge on any atom is -0.368 e. The van der Waals surface area contributed by atoms with Crippen molar-refractivity contribution in [1.29, 1.82) is 0 Å². The van der Waals surface area contributed by atoms with Crippen LogP contribution in [0, 0.1) is 12.8 Å². The molecule has 0 amide bonds. The summed E-state index contributed by atoms with van der Waals surface area (Å²) in [5.74, 6) is 0.152. The molecule has 0 saturated carbocycles. The highest BCUT2D eigenvalue weighted by Gasteiger charge is 2.33. The lowest BCUT2D eigenvalue weighted by Crippen LogP contribution is -2.22. The maximum absolute atomic E-state index is 12.5. The summed E-state index contributed by atoms with van der Waals surface area (Å²) >= 11 is 0. The molecule has 1 unspecified atom stereocenters. The summed E-state index contributed by atoms with van der Waals surface area (Å²) in [4.78, 5) is 0.747. The third-order valence-electron chi connectivity index (χ3n) is 3.09. The van der Waals surface area contributed by atoms with Crippen LogP contribution in [0.4, 0.5) is 0 Å². The molecule has 0 fully saturated rings. The molecule has 98 valence electrons. The van der Waals surface area contributed by atoms with E-state index in [0.29, 0.717) is 16.4 Å². The van der Waals surface area contributed by atoms with Gasteiger partial charge in [0.2, 0.25) is 9.84 Å². The van der Waals surface area contributed by atoms with Gasteiger partial charge in [-0.15, -0.1) is 0 Å². The number of sulfone groups is 1. The normalized spacial score (nSPS) is 20.2. The predicted octanol–water partition coefficient (Wildman–Crippen LogP) is 2.71. The molecular formula is C14H18O3S. The molecule has 1 aromatic rings. The van der Waals surface area contributed by atoms with E-state index >= 15 is 0 Å². The van der Waals surface area contributed by atoms with E-state index in [2.05, 4.69) is 0 Å². The Morgan fingerprint density at radius 2 is 1.83 bits per heavy atom. The number of hydrogen-bond acceptors (Lipinski definition) is 3. The lowest BCUT2D eigenvalue weighted by Gasteiger charge is -2.18. The number of aryl methyl sites for hydroxylation is 1. The molecule has 1 aliphatic rings. The number of hydrogen-bond donors (Lipinski definition) is 0. The maximum atomic E-state index is 12.5. The standard InChI is InChI=1S/C14H18O3S/c1-10(2)14-13(8-9-17-14)18(15,16)12-6-4-11(3)5-7-12/h4-8,10,14H,9H2,1-3H3. The van der Waals surface area contributed by atoms with E-state index < -0.39 is 9.84 Å². The molecule has 0 bridgehead atoms. The van der Waals surface area contributed by atoms with E-state index in [-0.39, 0.29) is 12.0 Å². The Balaban J connectivity index is 2.40. The molecular weight excluding hydrogens is 248 g/mol. The molecule has 2 rings (SSSR count). The first kappa shape index (κ1) is 13.3. The Bertz CT molecular complexity index is 553. The van der Waals surface area contributed by atoms with Gasteiger partial charge in [-0.3, -0.25) is 0 Å². The van der Waals surface area contributed by atoms with Crippen LogP contribution in [-0.2, 0) is 14.6 Å². The fourth-order valence-corrected chi connectivity index (χ4v) is 3.77. The van der Waals surface area contributed by atoms with Crippen LogP contribution in [0.1, 0.15) is 19.4 Å². The van der Waals surface area contributed by atoms with Crippen molar-refractivity contribution in [3.8, 4) is 0 Å². The van der Waals surface area contributed by atoms with Crippen LogP contribution in [-0.4, -0.2) is 21.1 Å². The lowest BCUT2D eigenvalue weighted by atomic mass is 10.1. The van der Waals surface area contributed by atoms with Gasteiger partial charge < -0.3 is 4.74 Å². The second-order valence-electron chi connectivity index (χ2n) is 4.92. The SMILES string of the molecule is Cc1ccc(S(=O)(=O)C2=CCOC2C(C)C)cc1. The first-order valence-corrected chi connectivity index (χ1v) is 7.54. The van der Waals surface area contributed by atoms with Gasteiger partial charge >= 0.3 is 0 Å². The van der Waals surface area contributed by atoms with Crippen LogP contribution in [0.2, 0.25) is 0 Å². The molecule has 0 aliphatic carbocycles. The molecule has 18 heavy (non-hydrogen) atoms. The molecule has 0 saturated heterocycles. The van der Waals surface area contributed by atoms with E-state index in [1.807, 2.05) is 32.9 Å². The zero-order chi connectivity index (χ0) is 13.3. The van der Waals surface area contributed by atoms with Gasteiger partial charge in [-0.25, -0.2) is 8.42 Å². The molecule has 3 nitrogen and oxygen atoms in total. The second-order valence-corrected chi connectivity index (χ2v) is 6.87. The van der Waals surface area contributed by atoms with E-state index in [4.69, 9.17) is 4.74 Å². The van der Waals surface area contributed by atoms with Crippen molar-refractivity contribution in [2.75, 3.05) is 6.61 Å². The Hall–Kier alpha value is -1.13. The Morgan fingerprint density at radius 1 is 1.22 bits per heavy atom. The van der Waals surface area contributed by atoms with E-state index in [1.54, 1.807) is 18.2 Å². The minimum atomic E-state index is -3.41. The maximum Gasteiger partial charge on any atom is 0.205 e. The molecule has 0 N–H and O–H groups in total. The summed E-state index contributed by atoms with van der Waals surface area (Å²) in [6.07, 6.45) is 1.36. The van der Waals surface area contributed by atoms with Crippen molar-refractivity contribution >= 4 is 9.84 Å². The van der Waals surface area contributed by atoms with Crippen LogP contribution < -0.4 is 0 Å². The van der Waals surface area contributed by atoms with E-state index in [0.717, 1.165) is 5.56 Å². The molecule has 1 heterocycles. The van der Waals surface area contributed by atoms with Crippen LogP contribution in [0.15, 0.2) is 40.1 Å². The molecule has 4 heteroatoms. The average molecular weight is 266 g/mol. The van der Waals surface area contributed by atoms with Gasteiger partial charge in [-0.05, 0) is 31.1 Å². The van der Waals surface area contributed by atoms with Gasteiger partial charge in [0, 0.05) is 0 Å². The smallest absolute Gasteiger partial charge is 0.205 e. The molecule has 0 radical (unpaired) electrons. The number of rotatable bonds is 3. The van der Waals surface area contributed by atoms with Crippen molar-refractivity contribution < 1.29 is 13.2 Å². The fraction of sp³-hybridized carbons (Fsp3) is 0.429. The molecule has 0 aromatic heterocycles. The highest BCUT2D eigenvalue weighted by atomic mass is 32.2. The molecule has 1 atom stereocenters. The van der Waals surface area contributed by atoms with Crippen molar-refractivity contribution in [3.05, 3.63) is 40.8 Å². The lowest BCUT2D eigenvalue weighted by molar-refractivity contribution is 0.0909. The van der Waals surface area contributed by atoms with Crippen molar-refractivity contribution in [2.24, 2.45) is 5.92 Å². The Kier molecular flexibility index (Phi) is 3.59. The molecule has 1 aromatic carbocycles. The van der Waals surface area contributed by atoms with Crippen molar-refractivity contribution in [3.63, 3.8) is 0 Å². The monoisotopic (exact) mass is 266 g/mol. The summed E-state index contributed by atoms with van der Waals surface area (Å²) < 4.78 is 30.5. The first-order chi connectivity index (χ1) is 8.43. The highest BCUT2D eigenvalue weighted by molar-refractivity contribution is 7.95. The Labute approximate surface area is 108 Å². The topological polar surface area (TPSA) is 43.4 Å². The quantitative estimate of drug-likeness (QED) is 0.845. The number of benzene rings is 1. The summed E-state index contributed by atoms with van der Waals surface area (Å²) in [6.45, 7) is 6.25. The Morgan fingerprint density at radius 3 is 2.39 bits per heavy atom. The van der Waals surface area contributed by atoms with Crippen LogP contribution in [0.25, 0.3) is 0 Å². The predicted molar refractivity (Wildman–Crippen MR) is 71.0 cm³/mol. The summed E-state index contributed by atoms with van der Waals surface area (Å²) in [7, 11) is -3.41. The van der Waals surface area contributed by atoms with Crippen LogP contribution in [0.3, 0.4) is 0 Å². The summed E-state index contributed by atoms with van der Waals surface area (Å²) in [6, 6.07) is 6.93. The van der Waals surface area contributed by atoms with Crippen molar-refractivity contribution in [1.82, 2.24) is 0 Å². The zero-order valence-corrected chi connectivity index (χ0v) is 11.7. The fourth-order valence-electron chi connectivity index (χ4n) is 2.07. The molecule has 1 aliphatic heterocycles. The third kappa shape index (κ3) is 2.35. The van der Waals surface area contributed by atoms with Crippen molar-refractivity contribution in [2.45, 2.75) is 31.8 Å². The summed E-state index contributed by atoms with van der Waals surface area (Å²) in [5.41, 5.74) is 1.05. The third-order valence-corrected chi connectivity index (χ3v) is 5.00. The molecule has 0 spiro atoms.